The molecule has 0 radical (unpaired) electrons. The average Bonchev–Trinajstić information content (AvgIpc) is 3.17. The lowest BCUT2D eigenvalue weighted by Crippen LogP contribution is -2.30. The molecule has 1 aromatic rings. The number of hydrogen-bond donors (Lipinski definition) is 3. The standard InChI is InChI=1S/C12H18N4O/c1-2-12(4-5-12)8-15-11(17)10-7-9(16-13)3-6-14-10/h3,6-7H,2,4-5,8,13H2,1H3,(H,14,16)(H,15,17). The van der Waals surface area contributed by atoms with Crippen molar-refractivity contribution in [3.05, 3.63) is 24.0 Å². The lowest BCUT2D eigenvalue weighted by atomic mass is 10.0. The Balaban J connectivity index is 1.95. The van der Waals surface area contributed by atoms with Gasteiger partial charge in [0.05, 0.1) is 5.69 Å². The number of rotatable bonds is 5. The smallest absolute Gasteiger partial charge is 0.269 e. The molecule has 0 bridgehead atoms. The molecule has 1 aliphatic carbocycles. The number of nitrogens with two attached hydrogens (primary N) is 1. The molecule has 1 amide bonds. The number of hydrazine groups is 1. The lowest BCUT2D eigenvalue weighted by molar-refractivity contribution is 0.0939. The Bertz CT molecular complexity index is 415. The van der Waals surface area contributed by atoms with Gasteiger partial charge in [0, 0.05) is 12.7 Å². The first-order valence-corrected chi connectivity index (χ1v) is 5.90. The molecule has 0 spiro atoms. The highest BCUT2D eigenvalue weighted by molar-refractivity contribution is 5.93. The molecule has 1 aromatic heterocycles. The maximum atomic E-state index is 11.9. The molecular formula is C12H18N4O. The number of aromatic nitrogens is 1. The summed E-state index contributed by atoms with van der Waals surface area (Å²) in [5.41, 5.74) is 3.92. The molecule has 1 saturated carbocycles. The minimum atomic E-state index is -0.137. The number of carbonyl (C=O) groups is 1. The molecule has 1 aliphatic rings. The van der Waals surface area contributed by atoms with Gasteiger partial charge < -0.3 is 10.7 Å². The molecule has 1 fully saturated rings. The summed E-state index contributed by atoms with van der Waals surface area (Å²) in [7, 11) is 0. The Morgan fingerprint density at radius 3 is 2.94 bits per heavy atom. The summed E-state index contributed by atoms with van der Waals surface area (Å²) >= 11 is 0. The number of amides is 1. The molecule has 0 aromatic carbocycles. The van der Waals surface area contributed by atoms with Crippen molar-refractivity contribution in [1.29, 1.82) is 0 Å². The first kappa shape index (κ1) is 11.9. The molecule has 17 heavy (non-hydrogen) atoms. The van der Waals surface area contributed by atoms with E-state index in [9.17, 15) is 4.79 Å². The van der Waals surface area contributed by atoms with E-state index in [-0.39, 0.29) is 5.91 Å². The van der Waals surface area contributed by atoms with Crippen molar-refractivity contribution in [1.82, 2.24) is 10.3 Å². The second-order valence-corrected chi connectivity index (χ2v) is 4.61. The number of hydrogen-bond acceptors (Lipinski definition) is 4. The summed E-state index contributed by atoms with van der Waals surface area (Å²) in [5.74, 6) is 5.15. The van der Waals surface area contributed by atoms with E-state index in [0.717, 1.165) is 13.0 Å². The second-order valence-electron chi connectivity index (χ2n) is 4.61. The zero-order chi connectivity index (χ0) is 12.3. The fourth-order valence-electron chi connectivity index (χ4n) is 1.83. The lowest BCUT2D eigenvalue weighted by Gasteiger charge is -2.13. The second kappa shape index (κ2) is 4.71. The molecule has 2 rings (SSSR count). The third-order valence-corrected chi connectivity index (χ3v) is 3.49. The molecule has 5 heteroatoms. The van der Waals surface area contributed by atoms with E-state index in [1.54, 1.807) is 18.3 Å². The van der Waals surface area contributed by atoms with E-state index in [0.29, 0.717) is 16.8 Å². The van der Waals surface area contributed by atoms with Crippen LogP contribution in [0, 0.1) is 5.41 Å². The van der Waals surface area contributed by atoms with Crippen LogP contribution in [-0.2, 0) is 0 Å². The van der Waals surface area contributed by atoms with Gasteiger partial charge in [-0.1, -0.05) is 6.92 Å². The number of carbonyl (C=O) groups excluding carboxylic acids is 1. The monoisotopic (exact) mass is 234 g/mol. The number of pyridine rings is 1. The minimum absolute atomic E-state index is 0.137. The maximum absolute atomic E-state index is 11.9. The third-order valence-electron chi connectivity index (χ3n) is 3.49. The summed E-state index contributed by atoms with van der Waals surface area (Å²) in [6.45, 7) is 2.90. The average molecular weight is 234 g/mol. The zero-order valence-corrected chi connectivity index (χ0v) is 9.99. The van der Waals surface area contributed by atoms with Crippen LogP contribution in [0.3, 0.4) is 0 Å². The summed E-state index contributed by atoms with van der Waals surface area (Å²) in [4.78, 5) is 15.9. The van der Waals surface area contributed by atoms with Crippen molar-refractivity contribution in [3.8, 4) is 0 Å². The van der Waals surface area contributed by atoms with Crippen molar-refractivity contribution < 1.29 is 4.79 Å². The van der Waals surface area contributed by atoms with Crippen LogP contribution in [0.2, 0.25) is 0 Å². The molecule has 92 valence electrons. The number of anilines is 1. The highest BCUT2D eigenvalue weighted by Crippen LogP contribution is 2.47. The minimum Gasteiger partial charge on any atom is -0.350 e. The normalized spacial score (nSPS) is 16.4. The van der Waals surface area contributed by atoms with Crippen LogP contribution >= 0.6 is 0 Å². The van der Waals surface area contributed by atoms with E-state index in [4.69, 9.17) is 5.84 Å². The van der Waals surface area contributed by atoms with Crippen LogP contribution in [0.1, 0.15) is 36.7 Å². The van der Waals surface area contributed by atoms with Crippen LogP contribution in [0.15, 0.2) is 18.3 Å². The van der Waals surface area contributed by atoms with Crippen molar-refractivity contribution >= 4 is 11.6 Å². The van der Waals surface area contributed by atoms with E-state index in [2.05, 4.69) is 22.7 Å². The Morgan fingerprint density at radius 1 is 1.59 bits per heavy atom. The van der Waals surface area contributed by atoms with E-state index in [1.165, 1.54) is 12.8 Å². The van der Waals surface area contributed by atoms with Crippen LogP contribution in [0.5, 0.6) is 0 Å². The SMILES string of the molecule is CCC1(CNC(=O)c2cc(NN)ccn2)CC1. The van der Waals surface area contributed by atoms with Crippen LogP contribution < -0.4 is 16.6 Å². The Labute approximate surface area is 101 Å². The molecule has 0 unspecified atom stereocenters. The highest BCUT2D eigenvalue weighted by atomic mass is 16.1. The molecule has 4 N–H and O–H groups in total. The van der Waals surface area contributed by atoms with Gasteiger partial charge in [-0.2, -0.15) is 0 Å². The predicted molar refractivity (Wildman–Crippen MR) is 66.3 cm³/mol. The van der Waals surface area contributed by atoms with E-state index < -0.39 is 0 Å². The highest BCUT2D eigenvalue weighted by Gasteiger charge is 2.40. The molecule has 0 atom stereocenters. The first-order chi connectivity index (χ1) is 8.19. The van der Waals surface area contributed by atoms with Gasteiger partial charge >= 0.3 is 0 Å². The van der Waals surface area contributed by atoms with E-state index in [1.807, 2.05) is 0 Å². The zero-order valence-electron chi connectivity index (χ0n) is 9.99. The van der Waals surface area contributed by atoms with Gasteiger partial charge in [0.15, 0.2) is 0 Å². The van der Waals surface area contributed by atoms with Gasteiger partial charge in [-0.05, 0) is 36.8 Å². The van der Waals surface area contributed by atoms with Crippen LogP contribution in [0.4, 0.5) is 5.69 Å². The number of nitrogens with one attached hydrogen (secondary N) is 2. The number of nitrogens with zero attached hydrogens (tertiary/aromatic N) is 1. The van der Waals surface area contributed by atoms with Crippen molar-refractivity contribution in [2.75, 3.05) is 12.0 Å². The fourth-order valence-corrected chi connectivity index (χ4v) is 1.83. The Kier molecular flexibility index (Phi) is 3.28. The molecular weight excluding hydrogens is 216 g/mol. The van der Waals surface area contributed by atoms with Gasteiger partial charge in [-0.25, -0.2) is 0 Å². The van der Waals surface area contributed by atoms with Crippen LogP contribution in [-0.4, -0.2) is 17.4 Å². The molecule has 1 heterocycles. The van der Waals surface area contributed by atoms with Gasteiger partial charge in [-0.3, -0.25) is 15.6 Å². The number of nitrogen functional groups attached to an aromatic ring is 1. The van der Waals surface area contributed by atoms with E-state index >= 15 is 0 Å². The summed E-state index contributed by atoms with van der Waals surface area (Å²) in [5, 5.41) is 2.93. The van der Waals surface area contributed by atoms with Crippen LogP contribution in [0.25, 0.3) is 0 Å². The summed E-state index contributed by atoms with van der Waals surface area (Å²) in [6, 6.07) is 3.35. The van der Waals surface area contributed by atoms with Crippen molar-refractivity contribution in [3.63, 3.8) is 0 Å². The molecule has 0 saturated heterocycles. The van der Waals surface area contributed by atoms with Crippen molar-refractivity contribution in [2.45, 2.75) is 26.2 Å². The molecule has 0 aliphatic heterocycles. The first-order valence-electron chi connectivity index (χ1n) is 5.90. The van der Waals surface area contributed by atoms with Crippen molar-refractivity contribution in [2.24, 2.45) is 11.3 Å². The summed E-state index contributed by atoms with van der Waals surface area (Å²) < 4.78 is 0. The third kappa shape index (κ3) is 2.74. The Morgan fingerprint density at radius 2 is 2.35 bits per heavy atom. The molecule has 5 nitrogen and oxygen atoms in total. The van der Waals surface area contributed by atoms with Gasteiger partial charge in [-0.15, -0.1) is 0 Å². The van der Waals surface area contributed by atoms with Gasteiger partial charge in [0.1, 0.15) is 5.69 Å². The quantitative estimate of drug-likeness (QED) is 0.529. The van der Waals surface area contributed by atoms with Gasteiger partial charge in [0.2, 0.25) is 0 Å². The Hall–Kier alpha value is -1.62. The predicted octanol–water partition coefficient (Wildman–Crippen LogP) is 1.29. The largest absolute Gasteiger partial charge is 0.350 e. The summed E-state index contributed by atoms with van der Waals surface area (Å²) in [6.07, 6.45) is 5.10. The topological polar surface area (TPSA) is 80.0 Å². The maximum Gasteiger partial charge on any atom is 0.269 e. The van der Waals surface area contributed by atoms with Gasteiger partial charge in [0.25, 0.3) is 5.91 Å². The fraction of sp³-hybridized carbons (Fsp3) is 0.500.